The van der Waals surface area contributed by atoms with Crippen LogP contribution in [0.3, 0.4) is 0 Å². The number of hydrogen-bond donors (Lipinski definition) is 1. The molecular formula is C21H24N2O6S. The minimum Gasteiger partial charge on any atom is -0.462 e. The molecular weight excluding hydrogens is 408 g/mol. The van der Waals surface area contributed by atoms with E-state index in [0.29, 0.717) is 31.1 Å². The maximum atomic E-state index is 12.8. The van der Waals surface area contributed by atoms with Crippen LogP contribution in [-0.2, 0) is 19.5 Å². The molecule has 1 amide bonds. The maximum Gasteiger partial charge on any atom is 0.338 e. The maximum absolute atomic E-state index is 12.8. The summed E-state index contributed by atoms with van der Waals surface area (Å²) in [6.07, 6.45) is 0.736. The van der Waals surface area contributed by atoms with E-state index in [1.54, 1.807) is 30.3 Å². The van der Waals surface area contributed by atoms with Crippen LogP contribution in [0.1, 0.15) is 34.1 Å². The van der Waals surface area contributed by atoms with Crippen LogP contribution in [0.15, 0.2) is 53.4 Å². The molecule has 1 aliphatic rings. The SMILES string of the molecule is CCCOC(=O)c1ccc(NC(=O)c2cccc(S(=O)(=O)N3CCOCC3)c2)cc1. The lowest BCUT2D eigenvalue weighted by Crippen LogP contribution is -2.40. The second-order valence-corrected chi connectivity index (χ2v) is 8.65. The Morgan fingerprint density at radius 3 is 2.43 bits per heavy atom. The first-order chi connectivity index (χ1) is 14.4. The highest BCUT2D eigenvalue weighted by atomic mass is 32.2. The van der Waals surface area contributed by atoms with E-state index >= 15 is 0 Å². The molecule has 0 radical (unpaired) electrons. The normalized spacial score (nSPS) is 14.8. The van der Waals surface area contributed by atoms with Crippen molar-refractivity contribution in [1.29, 1.82) is 0 Å². The molecule has 1 N–H and O–H groups in total. The van der Waals surface area contributed by atoms with Crippen LogP contribution in [0.5, 0.6) is 0 Å². The Bertz CT molecular complexity index is 998. The van der Waals surface area contributed by atoms with Gasteiger partial charge < -0.3 is 14.8 Å². The minimum absolute atomic E-state index is 0.0612. The number of esters is 1. The molecule has 2 aromatic carbocycles. The van der Waals surface area contributed by atoms with Crippen LogP contribution in [0.4, 0.5) is 5.69 Å². The number of carbonyl (C=O) groups excluding carboxylic acids is 2. The standard InChI is InChI=1S/C21H24N2O6S/c1-2-12-29-21(25)16-6-8-18(9-7-16)22-20(24)17-4-3-5-19(15-17)30(26,27)23-10-13-28-14-11-23/h3-9,15H,2,10-14H2,1H3,(H,22,24). The number of nitrogens with zero attached hydrogens (tertiary/aromatic N) is 1. The van der Waals surface area contributed by atoms with Crippen molar-refractivity contribution >= 4 is 27.6 Å². The summed E-state index contributed by atoms with van der Waals surface area (Å²) < 4.78 is 37.2. The van der Waals surface area contributed by atoms with Gasteiger partial charge in [-0.3, -0.25) is 4.79 Å². The van der Waals surface area contributed by atoms with Crippen molar-refractivity contribution in [3.63, 3.8) is 0 Å². The number of carbonyl (C=O) groups is 2. The number of rotatable bonds is 7. The van der Waals surface area contributed by atoms with Gasteiger partial charge in [0.25, 0.3) is 5.91 Å². The van der Waals surface area contributed by atoms with Gasteiger partial charge in [0, 0.05) is 24.3 Å². The Kier molecular flexibility index (Phi) is 7.20. The molecule has 30 heavy (non-hydrogen) atoms. The minimum atomic E-state index is -3.69. The number of hydrogen-bond acceptors (Lipinski definition) is 6. The fourth-order valence-corrected chi connectivity index (χ4v) is 4.36. The molecule has 0 aliphatic carbocycles. The van der Waals surface area contributed by atoms with E-state index in [-0.39, 0.29) is 23.5 Å². The van der Waals surface area contributed by atoms with Crippen molar-refractivity contribution in [2.24, 2.45) is 0 Å². The fourth-order valence-electron chi connectivity index (χ4n) is 2.90. The molecule has 0 bridgehead atoms. The van der Waals surface area contributed by atoms with Gasteiger partial charge in [0.2, 0.25) is 10.0 Å². The predicted molar refractivity (Wildman–Crippen MR) is 111 cm³/mol. The molecule has 1 fully saturated rings. The van der Waals surface area contributed by atoms with Crippen molar-refractivity contribution in [3.8, 4) is 0 Å². The van der Waals surface area contributed by atoms with Crippen LogP contribution >= 0.6 is 0 Å². The Balaban J connectivity index is 1.70. The van der Waals surface area contributed by atoms with E-state index in [1.807, 2.05) is 6.92 Å². The van der Waals surface area contributed by atoms with Crippen molar-refractivity contribution in [3.05, 3.63) is 59.7 Å². The van der Waals surface area contributed by atoms with E-state index in [1.165, 1.54) is 22.5 Å². The van der Waals surface area contributed by atoms with E-state index < -0.39 is 21.9 Å². The summed E-state index contributed by atoms with van der Waals surface area (Å²) in [5.41, 5.74) is 1.09. The summed E-state index contributed by atoms with van der Waals surface area (Å²) in [6.45, 7) is 3.52. The van der Waals surface area contributed by atoms with E-state index in [0.717, 1.165) is 6.42 Å². The molecule has 1 heterocycles. The number of benzene rings is 2. The average molecular weight is 432 g/mol. The van der Waals surface area contributed by atoms with Gasteiger partial charge in [0.15, 0.2) is 0 Å². The lowest BCUT2D eigenvalue weighted by Gasteiger charge is -2.26. The van der Waals surface area contributed by atoms with Gasteiger partial charge in [0.05, 0.1) is 30.3 Å². The molecule has 3 rings (SSSR count). The average Bonchev–Trinajstić information content (AvgIpc) is 2.78. The molecule has 0 saturated carbocycles. The predicted octanol–water partition coefficient (Wildman–Crippen LogP) is 2.53. The molecule has 9 heteroatoms. The number of anilines is 1. The highest BCUT2D eigenvalue weighted by molar-refractivity contribution is 7.89. The first-order valence-corrected chi connectivity index (χ1v) is 11.1. The van der Waals surface area contributed by atoms with Gasteiger partial charge in [-0.1, -0.05) is 13.0 Å². The first-order valence-electron chi connectivity index (χ1n) is 9.68. The number of nitrogens with one attached hydrogen (secondary N) is 1. The van der Waals surface area contributed by atoms with E-state index in [2.05, 4.69) is 5.32 Å². The summed E-state index contributed by atoms with van der Waals surface area (Å²) in [5, 5.41) is 2.71. The number of sulfonamides is 1. The largest absolute Gasteiger partial charge is 0.462 e. The molecule has 0 atom stereocenters. The topological polar surface area (TPSA) is 102 Å². The molecule has 0 unspecified atom stereocenters. The van der Waals surface area contributed by atoms with Crippen LogP contribution in [-0.4, -0.2) is 57.5 Å². The molecule has 0 spiro atoms. The fraction of sp³-hybridized carbons (Fsp3) is 0.333. The van der Waals surface area contributed by atoms with Gasteiger partial charge in [-0.05, 0) is 48.9 Å². The summed E-state index contributed by atoms with van der Waals surface area (Å²) >= 11 is 0. The molecule has 0 aromatic heterocycles. The molecule has 2 aromatic rings. The van der Waals surface area contributed by atoms with Gasteiger partial charge >= 0.3 is 5.97 Å². The van der Waals surface area contributed by atoms with Gasteiger partial charge in [0.1, 0.15) is 0 Å². The zero-order chi connectivity index (χ0) is 21.6. The van der Waals surface area contributed by atoms with Crippen LogP contribution < -0.4 is 5.32 Å². The van der Waals surface area contributed by atoms with Crippen LogP contribution in [0.2, 0.25) is 0 Å². The second-order valence-electron chi connectivity index (χ2n) is 6.71. The van der Waals surface area contributed by atoms with Crippen molar-refractivity contribution in [2.45, 2.75) is 18.2 Å². The van der Waals surface area contributed by atoms with Crippen molar-refractivity contribution in [1.82, 2.24) is 4.31 Å². The molecule has 160 valence electrons. The lowest BCUT2D eigenvalue weighted by atomic mass is 10.2. The second kappa shape index (κ2) is 9.84. The Hall–Kier alpha value is -2.75. The highest BCUT2D eigenvalue weighted by Crippen LogP contribution is 2.19. The third-order valence-electron chi connectivity index (χ3n) is 4.52. The molecule has 8 nitrogen and oxygen atoms in total. The third kappa shape index (κ3) is 5.24. The monoisotopic (exact) mass is 432 g/mol. The van der Waals surface area contributed by atoms with E-state index in [4.69, 9.17) is 9.47 Å². The van der Waals surface area contributed by atoms with Crippen LogP contribution in [0.25, 0.3) is 0 Å². The zero-order valence-corrected chi connectivity index (χ0v) is 17.5. The third-order valence-corrected chi connectivity index (χ3v) is 6.41. The number of ether oxygens (including phenoxy) is 2. The first kappa shape index (κ1) is 21.9. The quantitative estimate of drug-likeness (QED) is 0.675. The van der Waals surface area contributed by atoms with Gasteiger partial charge in [-0.2, -0.15) is 4.31 Å². The van der Waals surface area contributed by atoms with Crippen LogP contribution in [0, 0.1) is 0 Å². The molecule has 1 aliphatic heterocycles. The zero-order valence-electron chi connectivity index (χ0n) is 16.7. The summed E-state index contributed by atoms with van der Waals surface area (Å²) in [4.78, 5) is 24.5. The van der Waals surface area contributed by atoms with Gasteiger partial charge in [-0.25, -0.2) is 13.2 Å². The summed E-state index contributed by atoms with van der Waals surface area (Å²) in [6, 6.07) is 12.2. The van der Waals surface area contributed by atoms with Crippen molar-refractivity contribution in [2.75, 3.05) is 38.2 Å². The van der Waals surface area contributed by atoms with E-state index in [9.17, 15) is 18.0 Å². The Labute approximate surface area is 175 Å². The highest BCUT2D eigenvalue weighted by Gasteiger charge is 2.26. The van der Waals surface area contributed by atoms with Gasteiger partial charge in [-0.15, -0.1) is 0 Å². The number of morpholine rings is 1. The summed E-state index contributed by atoms with van der Waals surface area (Å²) in [7, 11) is -3.69. The Morgan fingerprint density at radius 2 is 1.77 bits per heavy atom. The lowest BCUT2D eigenvalue weighted by molar-refractivity contribution is 0.0505. The molecule has 1 saturated heterocycles. The smallest absolute Gasteiger partial charge is 0.338 e. The Morgan fingerprint density at radius 1 is 1.07 bits per heavy atom. The van der Waals surface area contributed by atoms with Crippen molar-refractivity contribution < 1.29 is 27.5 Å². The number of amides is 1. The summed E-state index contributed by atoms with van der Waals surface area (Å²) in [5.74, 6) is -0.869.